The summed E-state index contributed by atoms with van der Waals surface area (Å²) in [6.07, 6.45) is 1.38. The number of H-pyrrole nitrogens is 1. The van der Waals surface area contributed by atoms with Crippen LogP contribution in [-0.4, -0.2) is 16.2 Å². The maximum Gasteiger partial charge on any atom is 0.328 e. The van der Waals surface area contributed by atoms with Crippen LogP contribution in [0.1, 0.15) is 11.5 Å². The number of ether oxygens (including phenoxy) is 1. The Kier molecular flexibility index (Phi) is 2.63. The SMILES string of the molecule is Nc1cn(CC2COc3ccccc32)c(=O)[nH]c1=O. The Labute approximate surface area is 108 Å². The van der Waals surface area contributed by atoms with E-state index in [0.29, 0.717) is 13.2 Å². The zero-order valence-corrected chi connectivity index (χ0v) is 10.1. The highest BCUT2D eigenvalue weighted by atomic mass is 16.5. The molecule has 1 atom stereocenters. The van der Waals surface area contributed by atoms with E-state index in [1.54, 1.807) is 0 Å². The normalized spacial score (nSPS) is 16.9. The summed E-state index contributed by atoms with van der Waals surface area (Å²) in [6, 6.07) is 7.72. The van der Waals surface area contributed by atoms with Crippen molar-refractivity contribution >= 4 is 5.69 Å². The molecule has 0 amide bonds. The zero-order valence-electron chi connectivity index (χ0n) is 10.1. The molecule has 0 bridgehead atoms. The largest absolute Gasteiger partial charge is 0.493 e. The molecular formula is C13H13N3O3. The summed E-state index contributed by atoms with van der Waals surface area (Å²) in [4.78, 5) is 25.1. The Morgan fingerprint density at radius 2 is 2.16 bits per heavy atom. The van der Waals surface area contributed by atoms with Crippen molar-refractivity contribution in [3.8, 4) is 5.75 Å². The fourth-order valence-corrected chi connectivity index (χ4v) is 2.28. The molecule has 0 saturated carbocycles. The fourth-order valence-electron chi connectivity index (χ4n) is 2.28. The predicted molar refractivity (Wildman–Crippen MR) is 70.4 cm³/mol. The first-order valence-electron chi connectivity index (χ1n) is 5.96. The molecule has 6 nitrogen and oxygen atoms in total. The molecule has 6 heteroatoms. The first-order valence-corrected chi connectivity index (χ1v) is 5.96. The van der Waals surface area contributed by atoms with E-state index in [1.165, 1.54) is 10.8 Å². The Morgan fingerprint density at radius 1 is 1.37 bits per heavy atom. The van der Waals surface area contributed by atoms with E-state index in [4.69, 9.17) is 10.5 Å². The van der Waals surface area contributed by atoms with E-state index in [2.05, 4.69) is 4.98 Å². The molecule has 3 rings (SSSR count). The third kappa shape index (κ3) is 2.01. The number of fused-ring (bicyclic) bond motifs is 1. The van der Waals surface area contributed by atoms with Gasteiger partial charge in [0.15, 0.2) is 0 Å². The number of nitrogens with zero attached hydrogens (tertiary/aromatic N) is 1. The van der Waals surface area contributed by atoms with Crippen molar-refractivity contribution in [1.29, 1.82) is 0 Å². The van der Waals surface area contributed by atoms with Crippen molar-refractivity contribution in [2.75, 3.05) is 12.3 Å². The lowest BCUT2D eigenvalue weighted by molar-refractivity contribution is 0.317. The van der Waals surface area contributed by atoms with Crippen LogP contribution in [0.5, 0.6) is 5.75 Å². The van der Waals surface area contributed by atoms with Gasteiger partial charge < -0.3 is 10.5 Å². The van der Waals surface area contributed by atoms with Gasteiger partial charge in [-0.05, 0) is 6.07 Å². The summed E-state index contributed by atoms with van der Waals surface area (Å²) in [7, 11) is 0. The second-order valence-corrected chi connectivity index (χ2v) is 4.54. The molecule has 0 radical (unpaired) electrons. The number of nitrogen functional groups attached to an aromatic ring is 1. The van der Waals surface area contributed by atoms with E-state index < -0.39 is 11.2 Å². The minimum Gasteiger partial charge on any atom is -0.493 e. The van der Waals surface area contributed by atoms with Gasteiger partial charge in [0.05, 0.1) is 6.61 Å². The Hall–Kier alpha value is -2.50. The minimum atomic E-state index is -0.552. The van der Waals surface area contributed by atoms with Gasteiger partial charge in [0.25, 0.3) is 5.56 Å². The average molecular weight is 259 g/mol. The molecule has 98 valence electrons. The molecule has 2 aromatic rings. The second kappa shape index (κ2) is 4.31. The van der Waals surface area contributed by atoms with Crippen LogP contribution in [-0.2, 0) is 6.54 Å². The summed E-state index contributed by atoms with van der Waals surface area (Å²) < 4.78 is 6.97. The quantitative estimate of drug-likeness (QED) is 0.811. The lowest BCUT2D eigenvalue weighted by Gasteiger charge is -2.11. The number of para-hydroxylation sites is 1. The number of aromatic amines is 1. The van der Waals surface area contributed by atoms with Gasteiger partial charge >= 0.3 is 5.69 Å². The van der Waals surface area contributed by atoms with Gasteiger partial charge in [-0.3, -0.25) is 14.3 Å². The Balaban J connectivity index is 1.94. The third-order valence-electron chi connectivity index (χ3n) is 3.25. The smallest absolute Gasteiger partial charge is 0.328 e. The van der Waals surface area contributed by atoms with Crippen molar-refractivity contribution < 1.29 is 4.74 Å². The van der Waals surface area contributed by atoms with Crippen LogP contribution in [0.2, 0.25) is 0 Å². The number of nitrogens with one attached hydrogen (secondary N) is 1. The monoisotopic (exact) mass is 259 g/mol. The predicted octanol–water partition coefficient (Wildman–Crippen LogP) is 0.295. The summed E-state index contributed by atoms with van der Waals surface area (Å²) in [5.74, 6) is 0.928. The van der Waals surface area contributed by atoms with Gasteiger partial charge in [-0.2, -0.15) is 0 Å². The number of benzene rings is 1. The molecule has 1 aromatic heterocycles. The van der Waals surface area contributed by atoms with Gasteiger partial charge in [-0.15, -0.1) is 0 Å². The van der Waals surface area contributed by atoms with E-state index >= 15 is 0 Å². The lowest BCUT2D eigenvalue weighted by Crippen LogP contribution is -2.32. The molecule has 0 spiro atoms. The molecule has 2 heterocycles. The molecule has 1 aliphatic rings. The van der Waals surface area contributed by atoms with Gasteiger partial charge in [-0.1, -0.05) is 18.2 Å². The maximum atomic E-state index is 11.7. The molecule has 0 fully saturated rings. The van der Waals surface area contributed by atoms with E-state index in [-0.39, 0.29) is 11.6 Å². The second-order valence-electron chi connectivity index (χ2n) is 4.54. The van der Waals surface area contributed by atoms with Crippen molar-refractivity contribution in [3.63, 3.8) is 0 Å². The van der Waals surface area contributed by atoms with E-state index in [0.717, 1.165) is 11.3 Å². The van der Waals surface area contributed by atoms with Crippen molar-refractivity contribution in [1.82, 2.24) is 9.55 Å². The summed E-state index contributed by atoms with van der Waals surface area (Å²) in [5.41, 5.74) is 5.62. The highest BCUT2D eigenvalue weighted by molar-refractivity contribution is 5.39. The minimum absolute atomic E-state index is 0.0341. The van der Waals surface area contributed by atoms with Gasteiger partial charge in [0.1, 0.15) is 11.4 Å². The lowest BCUT2D eigenvalue weighted by atomic mass is 10.0. The molecule has 1 unspecified atom stereocenters. The number of aromatic nitrogens is 2. The third-order valence-corrected chi connectivity index (χ3v) is 3.25. The van der Waals surface area contributed by atoms with Crippen LogP contribution in [0.3, 0.4) is 0 Å². The van der Waals surface area contributed by atoms with Crippen LogP contribution >= 0.6 is 0 Å². The highest BCUT2D eigenvalue weighted by Crippen LogP contribution is 2.34. The van der Waals surface area contributed by atoms with E-state index in [1.807, 2.05) is 24.3 Å². The van der Waals surface area contributed by atoms with Crippen LogP contribution in [0.15, 0.2) is 40.1 Å². The standard InChI is InChI=1S/C13H13N3O3/c14-10-6-16(13(18)15-12(10)17)5-8-7-19-11-4-2-1-3-9(8)11/h1-4,6,8H,5,7,14H2,(H,15,17,18). The summed E-state index contributed by atoms with van der Waals surface area (Å²) >= 11 is 0. The number of hydrogen-bond acceptors (Lipinski definition) is 4. The first kappa shape index (κ1) is 11.6. The molecule has 19 heavy (non-hydrogen) atoms. The van der Waals surface area contributed by atoms with Crippen LogP contribution in [0, 0.1) is 0 Å². The van der Waals surface area contributed by atoms with Gasteiger partial charge in [0, 0.05) is 24.2 Å². The Morgan fingerprint density at radius 3 is 3.00 bits per heavy atom. The molecule has 3 N–H and O–H groups in total. The molecule has 1 aromatic carbocycles. The van der Waals surface area contributed by atoms with E-state index in [9.17, 15) is 9.59 Å². The maximum absolute atomic E-state index is 11.7. The number of rotatable bonds is 2. The van der Waals surface area contributed by atoms with Crippen LogP contribution in [0.25, 0.3) is 0 Å². The summed E-state index contributed by atoms with van der Waals surface area (Å²) in [6.45, 7) is 0.946. The zero-order chi connectivity index (χ0) is 13.4. The Bertz CT molecular complexity index is 732. The molecule has 0 saturated heterocycles. The molecular weight excluding hydrogens is 246 g/mol. The van der Waals surface area contributed by atoms with Crippen LogP contribution in [0.4, 0.5) is 5.69 Å². The number of anilines is 1. The molecule has 0 aliphatic carbocycles. The first-order chi connectivity index (χ1) is 9.15. The average Bonchev–Trinajstić information content (AvgIpc) is 2.80. The van der Waals surface area contributed by atoms with Gasteiger partial charge in [-0.25, -0.2) is 4.79 Å². The van der Waals surface area contributed by atoms with Crippen molar-refractivity contribution in [2.45, 2.75) is 12.5 Å². The van der Waals surface area contributed by atoms with Crippen LogP contribution < -0.4 is 21.7 Å². The number of nitrogens with two attached hydrogens (primary N) is 1. The topological polar surface area (TPSA) is 90.1 Å². The van der Waals surface area contributed by atoms with Gasteiger partial charge in [0.2, 0.25) is 0 Å². The summed E-state index contributed by atoms with van der Waals surface area (Å²) in [5, 5.41) is 0. The van der Waals surface area contributed by atoms with Crippen molar-refractivity contribution in [3.05, 3.63) is 56.9 Å². The fraction of sp³-hybridized carbons (Fsp3) is 0.231. The highest BCUT2D eigenvalue weighted by Gasteiger charge is 2.24. The van der Waals surface area contributed by atoms with Crippen molar-refractivity contribution in [2.24, 2.45) is 0 Å². The molecule has 1 aliphatic heterocycles. The number of hydrogen-bond donors (Lipinski definition) is 2.